The predicted molar refractivity (Wildman–Crippen MR) is 96.1 cm³/mol. The van der Waals surface area contributed by atoms with Crippen LogP contribution in [0.5, 0.6) is 0 Å². The summed E-state index contributed by atoms with van der Waals surface area (Å²) in [5, 5.41) is 43.8. The number of ether oxygens (including phenoxy) is 1. The van der Waals surface area contributed by atoms with Crippen LogP contribution in [0.2, 0.25) is 10.0 Å². The number of aliphatic hydroxyl groups is 3. The maximum atomic E-state index is 11.3. The molecule has 8 N–H and O–H groups in total. The van der Waals surface area contributed by atoms with Crippen LogP contribution in [0.4, 0.5) is 11.8 Å². The molecular weight excluding hydrogens is 417 g/mol. The average molecular weight is 433 g/mol. The molecule has 1 aliphatic heterocycles. The molecule has 0 amide bonds. The summed E-state index contributed by atoms with van der Waals surface area (Å²) >= 11 is 12.2. The van der Waals surface area contributed by atoms with Crippen LogP contribution in [-0.4, -0.2) is 60.9 Å². The number of hydrogen-bond donors (Lipinski definition) is 6. The minimum atomic E-state index is -1.87. The van der Waals surface area contributed by atoms with Crippen molar-refractivity contribution in [2.75, 3.05) is 11.5 Å². The highest BCUT2D eigenvalue weighted by atomic mass is 35.5. The van der Waals surface area contributed by atoms with Gasteiger partial charge in [0, 0.05) is 5.56 Å². The Morgan fingerprint density at radius 1 is 1.14 bits per heavy atom. The van der Waals surface area contributed by atoms with Crippen LogP contribution in [0.1, 0.15) is 6.23 Å². The van der Waals surface area contributed by atoms with Crippen molar-refractivity contribution in [3.63, 3.8) is 0 Å². The lowest BCUT2D eigenvalue weighted by Gasteiger charge is -2.37. The number of anilines is 2. The summed E-state index contributed by atoms with van der Waals surface area (Å²) in [5.74, 6) is -2.00. The molecule has 1 aromatic carbocycles. The first-order valence-electron chi connectivity index (χ1n) is 7.85. The fraction of sp³-hybridized carbons (Fsp3) is 0.333. The molecule has 5 atom stereocenters. The van der Waals surface area contributed by atoms with Gasteiger partial charge in [0.05, 0.1) is 10.0 Å². The zero-order chi connectivity index (χ0) is 20.7. The molecular formula is C15H16Cl2N5O6+. The maximum Gasteiger partial charge on any atom is 0.413 e. The number of rotatable bonds is 3. The molecule has 0 spiro atoms. The Hall–Kier alpha value is -2.28. The summed E-state index contributed by atoms with van der Waals surface area (Å²) in [6.45, 7) is 0. The van der Waals surface area contributed by atoms with Gasteiger partial charge in [-0.25, -0.2) is 4.79 Å². The van der Waals surface area contributed by atoms with E-state index in [9.17, 15) is 25.2 Å². The Bertz CT molecular complexity index is 932. The van der Waals surface area contributed by atoms with Gasteiger partial charge < -0.3 is 30.9 Å². The third-order valence-electron chi connectivity index (χ3n) is 4.20. The summed E-state index contributed by atoms with van der Waals surface area (Å²) in [7, 11) is 0. The first-order chi connectivity index (χ1) is 13.1. The minimum Gasteiger partial charge on any atom is -0.479 e. The van der Waals surface area contributed by atoms with Crippen molar-refractivity contribution < 1.29 is 34.6 Å². The molecule has 0 aliphatic carbocycles. The highest BCUT2D eigenvalue weighted by Crippen LogP contribution is 2.34. The van der Waals surface area contributed by atoms with Crippen LogP contribution in [0.15, 0.2) is 18.2 Å². The smallest absolute Gasteiger partial charge is 0.413 e. The molecule has 150 valence electrons. The van der Waals surface area contributed by atoms with Crippen molar-refractivity contribution in [1.29, 1.82) is 0 Å². The van der Waals surface area contributed by atoms with E-state index < -0.39 is 36.6 Å². The van der Waals surface area contributed by atoms with E-state index in [1.54, 1.807) is 18.2 Å². The Balaban J connectivity index is 2.12. The van der Waals surface area contributed by atoms with Crippen molar-refractivity contribution >= 4 is 40.9 Å². The van der Waals surface area contributed by atoms with E-state index in [0.717, 1.165) is 4.68 Å². The molecule has 1 aliphatic rings. The number of carbonyl (C=O) groups is 1. The largest absolute Gasteiger partial charge is 0.479 e. The molecule has 0 saturated carbocycles. The number of nitrogens with zero attached hydrogens (tertiary/aromatic N) is 3. The summed E-state index contributed by atoms with van der Waals surface area (Å²) in [5.41, 5.74) is 12.0. The van der Waals surface area contributed by atoms with Gasteiger partial charge in [0.2, 0.25) is 12.0 Å². The molecule has 2 heterocycles. The molecule has 13 heteroatoms. The molecule has 1 unspecified atom stereocenters. The minimum absolute atomic E-state index is 0.0324. The van der Waals surface area contributed by atoms with Gasteiger partial charge in [-0.2, -0.15) is 0 Å². The monoisotopic (exact) mass is 432 g/mol. The molecule has 1 aromatic heterocycles. The average Bonchev–Trinajstić information content (AvgIpc) is 2.63. The van der Waals surface area contributed by atoms with E-state index in [0.29, 0.717) is 5.56 Å². The number of nitrogens with two attached hydrogens (primary N) is 2. The van der Waals surface area contributed by atoms with Gasteiger partial charge in [0.1, 0.15) is 18.3 Å². The Morgan fingerprint density at radius 3 is 2.46 bits per heavy atom. The van der Waals surface area contributed by atoms with Crippen LogP contribution in [0.25, 0.3) is 11.3 Å². The summed E-state index contributed by atoms with van der Waals surface area (Å²) in [4.78, 5) is 15.2. The zero-order valence-corrected chi connectivity index (χ0v) is 15.5. The van der Waals surface area contributed by atoms with E-state index >= 15 is 0 Å². The van der Waals surface area contributed by atoms with Crippen molar-refractivity contribution in [2.24, 2.45) is 0 Å². The fourth-order valence-corrected chi connectivity index (χ4v) is 3.16. The molecule has 28 heavy (non-hydrogen) atoms. The molecule has 0 radical (unpaired) electrons. The normalized spacial score (nSPS) is 27.5. The first kappa shape index (κ1) is 20.5. The number of benzene rings is 1. The number of aliphatic carboxylic acids is 1. The Kier molecular flexibility index (Phi) is 5.57. The lowest BCUT2D eigenvalue weighted by Crippen LogP contribution is -2.65. The van der Waals surface area contributed by atoms with Crippen LogP contribution >= 0.6 is 23.2 Å². The fourth-order valence-electron chi connectivity index (χ4n) is 2.77. The summed E-state index contributed by atoms with van der Waals surface area (Å²) in [6, 6.07) is 4.70. The van der Waals surface area contributed by atoms with Crippen molar-refractivity contribution in [2.45, 2.75) is 30.6 Å². The number of aliphatic hydroxyl groups excluding tert-OH is 3. The molecule has 2 aromatic rings. The maximum absolute atomic E-state index is 11.3. The van der Waals surface area contributed by atoms with Crippen LogP contribution < -0.4 is 16.1 Å². The van der Waals surface area contributed by atoms with Gasteiger partial charge >= 0.3 is 11.9 Å². The van der Waals surface area contributed by atoms with E-state index in [4.69, 9.17) is 39.4 Å². The van der Waals surface area contributed by atoms with Gasteiger partial charge in [-0.15, -0.1) is 9.78 Å². The number of halogens is 2. The third kappa shape index (κ3) is 3.43. The van der Waals surface area contributed by atoms with Gasteiger partial charge in [0.25, 0.3) is 0 Å². The van der Waals surface area contributed by atoms with E-state index in [-0.39, 0.29) is 27.5 Å². The van der Waals surface area contributed by atoms with Gasteiger partial charge in [0.15, 0.2) is 11.8 Å². The Labute approximate surface area is 167 Å². The topological polar surface area (TPSA) is 189 Å². The molecule has 0 bridgehead atoms. The highest BCUT2D eigenvalue weighted by Gasteiger charge is 2.50. The van der Waals surface area contributed by atoms with Crippen LogP contribution in [0.3, 0.4) is 0 Å². The second-order valence-electron chi connectivity index (χ2n) is 6.01. The summed E-state index contributed by atoms with van der Waals surface area (Å²) < 4.78 is 6.06. The zero-order valence-electron chi connectivity index (χ0n) is 14.0. The van der Waals surface area contributed by atoms with Gasteiger partial charge in [-0.1, -0.05) is 35.3 Å². The van der Waals surface area contributed by atoms with E-state index in [2.05, 4.69) is 10.1 Å². The lowest BCUT2D eigenvalue weighted by atomic mass is 9.98. The standard InChI is InChI=1S/C15H15Cl2N5O6/c16-5-3-1-2-4(6(5)17)7-12(18)20-15(19)22(21-7)13-10(25)8(23)9(24)11(28-13)14(26)27/h1-3,8-11,13,23-25H,(H4,18,19,20,26,27)/p+1/t8-,9-,10+,11-,13?/m0/s1. The molecule has 1 fully saturated rings. The predicted octanol–water partition coefficient (Wildman–Crippen LogP) is -1.03. The molecule has 1 saturated heterocycles. The van der Waals surface area contributed by atoms with Gasteiger partial charge in [-0.05, 0) is 11.1 Å². The number of carboxylic acids is 1. The quantitative estimate of drug-likeness (QED) is 0.327. The number of hydrogen-bond acceptors (Lipinski definition) is 9. The summed E-state index contributed by atoms with van der Waals surface area (Å²) in [6.07, 6.45) is -8.89. The Morgan fingerprint density at radius 2 is 1.82 bits per heavy atom. The van der Waals surface area contributed by atoms with Crippen molar-refractivity contribution in [1.82, 2.24) is 10.1 Å². The second kappa shape index (κ2) is 7.62. The first-order valence-corrected chi connectivity index (χ1v) is 8.60. The van der Waals surface area contributed by atoms with Crippen molar-refractivity contribution in [3.8, 4) is 11.3 Å². The highest BCUT2D eigenvalue weighted by molar-refractivity contribution is 6.43. The SMILES string of the molecule is Nc1nc(N)[n+](C2O[C@H](C(=O)O)[C@@H](O)[C@H](O)[C@H]2O)nc1-c1cccc(Cl)c1Cl. The van der Waals surface area contributed by atoms with Crippen molar-refractivity contribution in [3.05, 3.63) is 28.2 Å². The van der Waals surface area contributed by atoms with Crippen LogP contribution in [-0.2, 0) is 9.53 Å². The lowest BCUT2D eigenvalue weighted by molar-refractivity contribution is -0.813. The second-order valence-corrected chi connectivity index (χ2v) is 6.79. The molecule has 3 rings (SSSR count). The van der Waals surface area contributed by atoms with Gasteiger partial charge in [-0.3, -0.25) is 5.73 Å². The number of aromatic nitrogens is 3. The van der Waals surface area contributed by atoms with Crippen LogP contribution in [0, 0.1) is 0 Å². The van der Waals surface area contributed by atoms with E-state index in [1.165, 1.54) is 0 Å². The third-order valence-corrected chi connectivity index (χ3v) is 5.02. The van der Waals surface area contributed by atoms with E-state index in [1.807, 2.05) is 0 Å². The molecule has 11 nitrogen and oxygen atoms in total. The number of carboxylic acid groups (broad SMARTS) is 1. The number of nitrogen functional groups attached to an aromatic ring is 2.